The monoisotopic (exact) mass is 250 g/mol. The standard InChI is InChI=1S/C12H14F4O/c1-2-3-4-11(17)9-7-8(13)5-6-10(9)12(14,15)16/h5-7,11,17H,2-4H2,1H3. The molecule has 0 amide bonds. The number of alkyl halides is 3. The highest BCUT2D eigenvalue weighted by Gasteiger charge is 2.34. The van der Waals surface area contributed by atoms with Gasteiger partial charge >= 0.3 is 6.18 Å². The van der Waals surface area contributed by atoms with Crippen LogP contribution in [-0.4, -0.2) is 5.11 Å². The summed E-state index contributed by atoms with van der Waals surface area (Å²) in [6, 6.07) is 2.17. The summed E-state index contributed by atoms with van der Waals surface area (Å²) in [6.45, 7) is 1.86. The van der Waals surface area contributed by atoms with Gasteiger partial charge in [-0.3, -0.25) is 0 Å². The zero-order chi connectivity index (χ0) is 13.1. The molecule has 1 aromatic carbocycles. The minimum atomic E-state index is -4.57. The third-order valence-electron chi connectivity index (χ3n) is 2.51. The lowest BCUT2D eigenvalue weighted by molar-refractivity contribution is -0.139. The molecule has 0 aromatic heterocycles. The molecule has 0 radical (unpaired) electrons. The molecule has 0 aliphatic carbocycles. The Kier molecular flexibility index (Phi) is 4.51. The van der Waals surface area contributed by atoms with E-state index in [0.29, 0.717) is 12.5 Å². The lowest BCUT2D eigenvalue weighted by Gasteiger charge is -2.17. The van der Waals surface area contributed by atoms with Crippen molar-refractivity contribution in [3.8, 4) is 0 Å². The molecule has 1 atom stereocenters. The summed E-state index contributed by atoms with van der Waals surface area (Å²) in [5.41, 5.74) is -1.35. The lowest BCUT2D eigenvalue weighted by atomic mass is 9.98. The van der Waals surface area contributed by atoms with Gasteiger partial charge in [0.25, 0.3) is 0 Å². The number of halogens is 4. The van der Waals surface area contributed by atoms with Crippen molar-refractivity contribution < 1.29 is 22.7 Å². The fraction of sp³-hybridized carbons (Fsp3) is 0.500. The molecule has 17 heavy (non-hydrogen) atoms. The second-order valence-corrected chi connectivity index (χ2v) is 3.89. The Morgan fingerprint density at radius 1 is 1.29 bits per heavy atom. The third kappa shape index (κ3) is 3.70. The van der Waals surface area contributed by atoms with Crippen LogP contribution in [0.15, 0.2) is 18.2 Å². The molecule has 1 rings (SSSR count). The van der Waals surface area contributed by atoms with E-state index in [0.717, 1.165) is 18.6 Å². The number of hydrogen-bond acceptors (Lipinski definition) is 1. The Morgan fingerprint density at radius 2 is 1.94 bits per heavy atom. The maximum absolute atomic E-state index is 12.9. The van der Waals surface area contributed by atoms with Crippen molar-refractivity contribution in [3.63, 3.8) is 0 Å². The highest BCUT2D eigenvalue weighted by atomic mass is 19.4. The largest absolute Gasteiger partial charge is 0.416 e. The molecule has 0 spiro atoms. The number of benzene rings is 1. The topological polar surface area (TPSA) is 20.2 Å². The van der Waals surface area contributed by atoms with Gasteiger partial charge in [-0.1, -0.05) is 19.8 Å². The van der Waals surface area contributed by atoms with Gasteiger partial charge in [0, 0.05) is 0 Å². The van der Waals surface area contributed by atoms with Crippen molar-refractivity contribution in [2.75, 3.05) is 0 Å². The van der Waals surface area contributed by atoms with Crippen molar-refractivity contribution >= 4 is 0 Å². The van der Waals surface area contributed by atoms with E-state index in [4.69, 9.17) is 0 Å². The van der Waals surface area contributed by atoms with Crippen LogP contribution in [0.1, 0.15) is 43.4 Å². The van der Waals surface area contributed by atoms with Gasteiger partial charge in [-0.15, -0.1) is 0 Å². The van der Waals surface area contributed by atoms with E-state index in [-0.39, 0.29) is 12.0 Å². The number of aliphatic hydroxyl groups is 1. The van der Waals surface area contributed by atoms with E-state index < -0.39 is 23.7 Å². The molecule has 0 fully saturated rings. The van der Waals surface area contributed by atoms with Crippen LogP contribution in [0.25, 0.3) is 0 Å². The predicted molar refractivity (Wildman–Crippen MR) is 55.9 cm³/mol. The molecule has 0 bridgehead atoms. The van der Waals surface area contributed by atoms with Gasteiger partial charge in [0.05, 0.1) is 11.7 Å². The van der Waals surface area contributed by atoms with E-state index in [1.165, 1.54) is 0 Å². The molecule has 0 saturated carbocycles. The second kappa shape index (κ2) is 5.49. The summed E-state index contributed by atoms with van der Waals surface area (Å²) < 4.78 is 50.8. The van der Waals surface area contributed by atoms with Crippen LogP contribution >= 0.6 is 0 Å². The zero-order valence-electron chi connectivity index (χ0n) is 9.39. The molecule has 0 aliphatic heterocycles. The van der Waals surface area contributed by atoms with Crippen LogP contribution in [0.3, 0.4) is 0 Å². The van der Waals surface area contributed by atoms with Gasteiger partial charge in [-0.25, -0.2) is 4.39 Å². The average molecular weight is 250 g/mol. The average Bonchev–Trinajstić information content (AvgIpc) is 2.24. The van der Waals surface area contributed by atoms with Gasteiger partial charge in [0.15, 0.2) is 0 Å². The minimum Gasteiger partial charge on any atom is -0.388 e. The first-order valence-electron chi connectivity index (χ1n) is 5.41. The number of aliphatic hydroxyl groups excluding tert-OH is 1. The van der Waals surface area contributed by atoms with E-state index in [9.17, 15) is 22.7 Å². The Bertz CT molecular complexity index is 373. The molecule has 1 N–H and O–H groups in total. The lowest BCUT2D eigenvalue weighted by Crippen LogP contribution is -2.12. The van der Waals surface area contributed by atoms with Crippen molar-refractivity contribution in [1.82, 2.24) is 0 Å². The van der Waals surface area contributed by atoms with E-state index in [2.05, 4.69) is 0 Å². The SMILES string of the molecule is CCCCC(O)c1cc(F)ccc1C(F)(F)F. The van der Waals surface area contributed by atoms with Crippen LogP contribution in [0, 0.1) is 5.82 Å². The van der Waals surface area contributed by atoms with Crippen LogP contribution < -0.4 is 0 Å². The van der Waals surface area contributed by atoms with Crippen LogP contribution in [0.5, 0.6) is 0 Å². The summed E-state index contributed by atoms with van der Waals surface area (Å²) in [4.78, 5) is 0. The first-order valence-corrected chi connectivity index (χ1v) is 5.41. The van der Waals surface area contributed by atoms with Crippen molar-refractivity contribution in [3.05, 3.63) is 35.1 Å². The van der Waals surface area contributed by atoms with Crippen LogP contribution in [0.2, 0.25) is 0 Å². The fourth-order valence-electron chi connectivity index (χ4n) is 1.62. The maximum Gasteiger partial charge on any atom is 0.416 e. The van der Waals surface area contributed by atoms with Gasteiger partial charge in [0.2, 0.25) is 0 Å². The van der Waals surface area contributed by atoms with Gasteiger partial charge in [-0.2, -0.15) is 13.2 Å². The molecule has 0 aliphatic rings. The summed E-state index contributed by atoms with van der Waals surface area (Å²) >= 11 is 0. The highest BCUT2D eigenvalue weighted by molar-refractivity contribution is 5.32. The Hall–Kier alpha value is -1.10. The fourth-order valence-corrected chi connectivity index (χ4v) is 1.62. The molecule has 1 unspecified atom stereocenters. The summed E-state index contributed by atoms with van der Waals surface area (Å²) in [7, 11) is 0. The van der Waals surface area contributed by atoms with E-state index >= 15 is 0 Å². The maximum atomic E-state index is 12.9. The van der Waals surface area contributed by atoms with Crippen molar-refractivity contribution in [1.29, 1.82) is 0 Å². The van der Waals surface area contributed by atoms with Gasteiger partial charge in [-0.05, 0) is 30.2 Å². The second-order valence-electron chi connectivity index (χ2n) is 3.89. The quantitative estimate of drug-likeness (QED) is 0.799. The van der Waals surface area contributed by atoms with E-state index in [1.807, 2.05) is 6.92 Å². The number of rotatable bonds is 4. The van der Waals surface area contributed by atoms with Crippen molar-refractivity contribution in [2.45, 2.75) is 38.5 Å². The van der Waals surface area contributed by atoms with Gasteiger partial charge < -0.3 is 5.11 Å². The summed E-state index contributed by atoms with van der Waals surface area (Å²) in [5, 5.41) is 9.65. The first-order chi connectivity index (χ1) is 7.86. The number of hydrogen-bond donors (Lipinski definition) is 1. The highest BCUT2D eigenvalue weighted by Crippen LogP contribution is 2.36. The predicted octanol–water partition coefficient (Wildman–Crippen LogP) is 4.07. The van der Waals surface area contributed by atoms with Crippen LogP contribution in [-0.2, 0) is 6.18 Å². The molecule has 96 valence electrons. The third-order valence-corrected chi connectivity index (χ3v) is 2.51. The Balaban J connectivity index is 3.07. The summed E-state index contributed by atoms with van der Waals surface area (Å²) in [5.74, 6) is -0.774. The molecular weight excluding hydrogens is 236 g/mol. The van der Waals surface area contributed by atoms with E-state index in [1.54, 1.807) is 0 Å². The zero-order valence-corrected chi connectivity index (χ0v) is 9.39. The molecular formula is C12H14F4O. The molecule has 1 aromatic rings. The van der Waals surface area contributed by atoms with Crippen LogP contribution in [0.4, 0.5) is 17.6 Å². The smallest absolute Gasteiger partial charge is 0.388 e. The van der Waals surface area contributed by atoms with Crippen molar-refractivity contribution in [2.24, 2.45) is 0 Å². The molecule has 5 heteroatoms. The molecule has 1 nitrogen and oxygen atoms in total. The molecule has 0 saturated heterocycles. The Morgan fingerprint density at radius 3 is 2.47 bits per heavy atom. The first kappa shape index (κ1) is 14.0. The van der Waals surface area contributed by atoms with Gasteiger partial charge in [0.1, 0.15) is 5.82 Å². The normalized spacial score (nSPS) is 13.8. The Labute approximate surface area is 97.1 Å². The molecule has 0 heterocycles. The minimum absolute atomic E-state index is 0.197. The summed E-state index contributed by atoms with van der Waals surface area (Å²) in [6.07, 6.45) is -4.30. The number of unbranched alkanes of at least 4 members (excludes halogenated alkanes) is 1.